The fraction of sp³-hybridized carbons (Fsp3) is 0.500. The molecule has 1 fully saturated rings. The number of aromatic nitrogens is 4. The Morgan fingerprint density at radius 3 is 2.79 bits per heavy atom. The van der Waals surface area contributed by atoms with Crippen molar-refractivity contribution < 1.29 is 4.79 Å². The molecule has 3 heterocycles. The first-order valence-electron chi connectivity index (χ1n) is 8.18. The minimum absolute atomic E-state index is 0.0657. The van der Waals surface area contributed by atoms with Gasteiger partial charge in [-0.15, -0.1) is 0 Å². The molecule has 1 aliphatic rings. The van der Waals surface area contributed by atoms with E-state index < -0.39 is 0 Å². The molecule has 24 heavy (non-hydrogen) atoms. The summed E-state index contributed by atoms with van der Waals surface area (Å²) in [6, 6.07) is 3.38. The highest BCUT2D eigenvalue weighted by Crippen LogP contribution is 2.16. The van der Waals surface area contributed by atoms with Gasteiger partial charge in [-0.25, -0.2) is 4.68 Å². The molecular formula is C16H22N6O2. The molecule has 8 heteroatoms. The normalized spacial score (nSPS) is 14.6. The van der Waals surface area contributed by atoms with Gasteiger partial charge in [-0.3, -0.25) is 14.7 Å². The summed E-state index contributed by atoms with van der Waals surface area (Å²) >= 11 is 0. The lowest BCUT2D eigenvalue weighted by molar-refractivity contribution is -0.131. The highest BCUT2D eigenvalue weighted by Gasteiger charge is 2.15. The van der Waals surface area contributed by atoms with Crippen LogP contribution in [0.15, 0.2) is 29.3 Å². The molecule has 0 bridgehead atoms. The lowest BCUT2D eigenvalue weighted by Gasteiger charge is -2.28. The summed E-state index contributed by atoms with van der Waals surface area (Å²) in [5.74, 6) is -0.176. The lowest BCUT2D eigenvalue weighted by atomic mass is 10.1. The number of amides is 1. The van der Waals surface area contributed by atoms with E-state index in [-0.39, 0.29) is 18.0 Å². The van der Waals surface area contributed by atoms with E-state index in [1.165, 1.54) is 11.1 Å². The molecule has 128 valence electrons. The van der Waals surface area contributed by atoms with Crippen LogP contribution in [0.5, 0.6) is 0 Å². The highest BCUT2D eigenvalue weighted by atomic mass is 16.2. The Balaban J connectivity index is 1.64. The third kappa shape index (κ3) is 3.81. The molecule has 1 saturated heterocycles. The zero-order valence-corrected chi connectivity index (χ0v) is 13.8. The monoisotopic (exact) mass is 330 g/mol. The number of hydrogen-bond acceptors (Lipinski definition) is 5. The molecule has 1 N–H and O–H groups in total. The Bertz CT molecular complexity index is 733. The number of nitrogens with zero attached hydrogens (tertiary/aromatic N) is 5. The molecule has 2 aromatic heterocycles. The Morgan fingerprint density at radius 1 is 1.33 bits per heavy atom. The summed E-state index contributed by atoms with van der Waals surface area (Å²) in [6.45, 7) is 2.26. The van der Waals surface area contributed by atoms with Crippen LogP contribution in [-0.2, 0) is 17.9 Å². The first-order valence-corrected chi connectivity index (χ1v) is 8.18. The number of rotatable bonds is 5. The molecule has 0 atom stereocenters. The topological polar surface area (TPSA) is 87.1 Å². The van der Waals surface area contributed by atoms with Gasteiger partial charge in [-0.2, -0.15) is 10.2 Å². The van der Waals surface area contributed by atoms with Crippen LogP contribution in [0.25, 0.3) is 0 Å². The van der Waals surface area contributed by atoms with Crippen LogP contribution in [0, 0.1) is 0 Å². The van der Waals surface area contributed by atoms with Gasteiger partial charge in [0.05, 0.1) is 24.1 Å². The van der Waals surface area contributed by atoms with Gasteiger partial charge in [0.1, 0.15) is 6.54 Å². The van der Waals surface area contributed by atoms with Gasteiger partial charge in [0, 0.05) is 32.4 Å². The molecule has 1 aliphatic heterocycles. The zero-order valence-electron chi connectivity index (χ0n) is 13.8. The van der Waals surface area contributed by atoms with Crippen molar-refractivity contribution in [3.63, 3.8) is 0 Å². The third-order valence-corrected chi connectivity index (χ3v) is 4.25. The largest absolute Gasteiger partial charge is 0.370 e. The van der Waals surface area contributed by atoms with Crippen LogP contribution in [0.2, 0.25) is 0 Å². The summed E-state index contributed by atoms with van der Waals surface area (Å²) in [4.78, 5) is 28.2. The van der Waals surface area contributed by atoms with E-state index in [4.69, 9.17) is 0 Å². The molecule has 3 rings (SSSR count). The van der Waals surface area contributed by atoms with Crippen LogP contribution >= 0.6 is 0 Å². The first kappa shape index (κ1) is 16.2. The van der Waals surface area contributed by atoms with Crippen molar-refractivity contribution in [2.24, 2.45) is 0 Å². The maximum atomic E-state index is 12.3. The van der Waals surface area contributed by atoms with Crippen molar-refractivity contribution in [1.82, 2.24) is 24.9 Å². The van der Waals surface area contributed by atoms with Crippen molar-refractivity contribution in [2.75, 3.05) is 25.0 Å². The average Bonchev–Trinajstić information content (AvgIpc) is 3.10. The summed E-state index contributed by atoms with van der Waals surface area (Å²) < 4.78 is 1.21. The van der Waals surface area contributed by atoms with E-state index in [9.17, 15) is 9.59 Å². The Labute approximate surface area is 140 Å². The van der Waals surface area contributed by atoms with Crippen LogP contribution in [-0.4, -0.2) is 50.9 Å². The van der Waals surface area contributed by atoms with Gasteiger partial charge in [-0.05, 0) is 25.3 Å². The zero-order chi connectivity index (χ0) is 16.9. The van der Waals surface area contributed by atoms with Crippen molar-refractivity contribution in [3.05, 3.63) is 40.6 Å². The summed E-state index contributed by atoms with van der Waals surface area (Å²) in [5.41, 5.74) is 1.43. The number of carbonyl (C=O) groups is 1. The minimum Gasteiger partial charge on any atom is -0.370 e. The predicted octanol–water partition coefficient (Wildman–Crippen LogP) is 0.615. The number of aromatic amines is 1. The number of anilines is 1. The SMILES string of the molecule is CN(Cc1ccn[nH]1)C(=O)Cn1ncc(N2CCCCC2)cc1=O. The maximum Gasteiger partial charge on any atom is 0.269 e. The molecule has 8 nitrogen and oxygen atoms in total. The molecule has 2 aromatic rings. The highest BCUT2D eigenvalue weighted by molar-refractivity contribution is 5.75. The molecule has 1 amide bonds. The molecule has 0 aromatic carbocycles. The van der Waals surface area contributed by atoms with Gasteiger partial charge in [0.25, 0.3) is 5.56 Å². The Morgan fingerprint density at radius 2 is 2.12 bits per heavy atom. The first-order chi connectivity index (χ1) is 11.6. The van der Waals surface area contributed by atoms with Gasteiger partial charge in [0.2, 0.25) is 5.91 Å². The van der Waals surface area contributed by atoms with E-state index >= 15 is 0 Å². The molecule has 0 spiro atoms. The van der Waals surface area contributed by atoms with Gasteiger partial charge in [0.15, 0.2) is 0 Å². The maximum absolute atomic E-state index is 12.3. The van der Waals surface area contributed by atoms with E-state index in [2.05, 4.69) is 20.2 Å². The number of carbonyl (C=O) groups excluding carboxylic acids is 1. The van der Waals surface area contributed by atoms with E-state index in [1.54, 1.807) is 30.4 Å². The second-order valence-corrected chi connectivity index (χ2v) is 6.09. The van der Waals surface area contributed by atoms with Gasteiger partial charge >= 0.3 is 0 Å². The lowest BCUT2D eigenvalue weighted by Crippen LogP contribution is -2.36. The fourth-order valence-corrected chi connectivity index (χ4v) is 2.83. The van der Waals surface area contributed by atoms with Crippen LogP contribution < -0.4 is 10.5 Å². The minimum atomic E-state index is -0.249. The summed E-state index contributed by atoms with van der Waals surface area (Å²) in [7, 11) is 1.69. The van der Waals surface area contributed by atoms with Crippen molar-refractivity contribution in [3.8, 4) is 0 Å². The van der Waals surface area contributed by atoms with Gasteiger partial charge in [-0.1, -0.05) is 0 Å². The molecular weight excluding hydrogens is 308 g/mol. The van der Waals surface area contributed by atoms with E-state index in [0.29, 0.717) is 6.54 Å². The smallest absolute Gasteiger partial charge is 0.269 e. The molecule has 0 aliphatic carbocycles. The van der Waals surface area contributed by atoms with E-state index in [1.807, 2.05) is 6.07 Å². The van der Waals surface area contributed by atoms with Crippen molar-refractivity contribution in [2.45, 2.75) is 32.4 Å². The molecule has 0 unspecified atom stereocenters. The number of piperidine rings is 1. The Hall–Kier alpha value is -2.64. The average molecular weight is 330 g/mol. The van der Waals surface area contributed by atoms with Crippen molar-refractivity contribution >= 4 is 11.6 Å². The van der Waals surface area contributed by atoms with Crippen LogP contribution in [0.3, 0.4) is 0 Å². The Kier molecular flexibility index (Phi) is 4.93. The predicted molar refractivity (Wildman–Crippen MR) is 89.6 cm³/mol. The summed E-state index contributed by atoms with van der Waals surface area (Å²) in [6.07, 6.45) is 6.83. The van der Waals surface area contributed by atoms with Gasteiger partial charge < -0.3 is 9.80 Å². The standard InChI is InChI=1S/C16H22N6O2/c1-20(11-13-5-6-17-19-13)16(24)12-22-15(23)9-14(10-18-22)21-7-3-2-4-8-21/h5-6,9-10H,2-4,7-8,11-12H2,1H3,(H,17,19). The molecule has 0 radical (unpaired) electrons. The van der Waals surface area contributed by atoms with Crippen LogP contribution in [0.1, 0.15) is 25.0 Å². The number of H-pyrrole nitrogens is 1. The second-order valence-electron chi connectivity index (χ2n) is 6.09. The van der Waals surface area contributed by atoms with Crippen molar-refractivity contribution in [1.29, 1.82) is 0 Å². The van der Waals surface area contributed by atoms with E-state index in [0.717, 1.165) is 37.3 Å². The summed E-state index contributed by atoms with van der Waals surface area (Å²) in [5, 5.41) is 10.8. The number of hydrogen-bond donors (Lipinski definition) is 1. The van der Waals surface area contributed by atoms with Crippen LogP contribution in [0.4, 0.5) is 5.69 Å². The molecule has 0 saturated carbocycles. The quantitative estimate of drug-likeness (QED) is 0.868. The number of nitrogens with one attached hydrogen (secondary N) is 1. The fourth-order valence-electron chi connectivity index (χ4n) is 2.83. The third-order valence-electron chi connectivity index (χ3n) is 4.25. The number of likely N-dealkylation sites (N-methyl/N-ethyl adjacent to an activating group) is 1. The second kappa shape index (κ2) is 7.29.